The van der Waals surface area contributed by atoms with Gasteiger partial charge < -0.3 is 23.7 Å². The second-order valence-electron chi connectivity index (χ2n) is 7.98. The largest absolute Gasteiger partial charge is 0.493 e. The van der Waals surface area contributed by atoms with Gasteiger partial charge in [0.2, 0.25) is 12.5 Å². The molecule has 0 saturated heterocycles. The summed E-state index contributed by atoms with van der Waals surface area (Å²) < 4.78 is 27.2. The molecule has 0 saturated carbocycles. The number of hydrogen-bond acceptors (Lipinski definition) is 8. The summed E-state index contributed by atoms with van der Waals surface area (Å²) in [7, 11) is 4.57. The van der Waals surface area contributed by atoms with Crippen LogP contribution >= 0.6 is 0 Å². The number of fused-ring (bicyclic) bond motifs is 1. The van der Waals surface area contributed by atoms with Crippen molar-refractivity contribution in [1.82, 2.24) is 10.2 Å². The Morgan fingerprint density at radius 1 is 0.806 bits per heavy atom. The molecule has 10 nitrogen and oxygen atoms in total. The smallest absolute Gasteiger partial charge is 0.292 e. The Hall–Kier alpha value is -4.73. The van der Waals surface area contributed by atoms with Crippen LogP contribution < -0.4 is 29.2 Å². The molecular formula is C26H24N4O6. The SMILES string of the molecule is COc1cc(-c2[nH][nH]c(=O)c2N=Nc2ccc(C)c(-c3ccc4c(c3)OCO4)c2)cc(OC)c1OC. The molecule has 1 aliphatic rings. The van der Waals surface area contributed by atoms with Gasteiger partial charge in [0.25, 0.3) is 5.56 Å². The molecule has 0 spiro atoms. The Balaban J connectivity index is 1.51. The number of ether oxygens (including phenoxy) is 5. The summed E-state index contributed by atoms with van der Waals surface area (Å²) in [5, 5.41) is 14.1. The Bertz CT molecular complexity index is 1500. The fourth-order valence-corrected chi connectivity index (χ4v) is 4.04. The van der Waals surface area contributed by atoms with Crippen LogP contribution in [0.1, 0.15) is 5.56 Å². The van der Waals surface area contributed by atoms with Crippen molar-refractivity contribution in [3.05, 3.63) is 64.4 Å². The van der Waals surface area contributed by atoms with Crippen LogP contribution in [-0.2, 0) is 0 Å². The molecule has 0 fully saturated rings. The van der Waals surface area contributed by atoms with Crippen molar-refractivity contribution in [3.8, 4) is 51.1 Å². The maximum absolute atomic E-state index is 12.6. The number of aromatic amines is 2. The lowest BCUT2D eigenvalue weighted by molar-refractivity contribution is 0.174. The molecule has 36 heavy (non-hydrogen) atoms. The Morgan fingerprint density at radius 3 is 2.28 bits per heavy atom. The van der Waals surface area contributed by atoms with Crippen LogP contribution in [0.5, 0.6) is 28.7 Å². The Morgan fingerprint density at radius 2 is 1.56 bits per heavy atom. The van der Waals surface area contributed by atoms with Crippen molar-refractivity contribution in [2.24, 2.45) is 10.2 Å². The minimum atomic E-state index is -0.411. The van der Waals surface area contributed by atoms with E-state index in [0.29, 0.717) is 39.9 Å². The topological polar surface area (TPSA) is 120 Å². The fraction of sp³-hybridized carbons (Fsp3) is 0.192. The predicted octanol–water partition coefficient (Wildman–Crippen LogP) is 5.52. The van der Waals surface area contributed by atoms with Gasteiger partial charge in [0.05, 0.1) is 32.7 Å². The zero-order valence-electron chi connectivity index (χ0n) is 20.2. The van der Waals surface area contributed by atoms with E-state index in [1.54, 1.807) is 12.1 Å². The quantitative estimate of drug-likeness (QED) is 0.331. The number of aromatic nitrogens is 2. The third kappa shape index (κ3) is 4.13. The summed E-state index contributed by atoms with van der Waals surface area (Å²) in [6, 6.07) is 14.9. The standard InChI is InChI=1S/C26H24N4O6/c1-14-5-7-17(12-18(14)15-6-8-19-20(9-15)36-13-35-19)27-29-24-23(28-30-26(24)31)16-10-21(32-2)25(34-4)22(11-16)33-3/h5-12H,13H2,1-4H3,(H2,28,30,31). The average Bonchev–Trinajstić information content (AvgIpc) is 3.53. The highest BCUT2D eigenvalue weighted by Crippen LogP contribution is 2.42. The summed E-state index contributed by atoms with van der Waals surface area (Å²) in [5.41, 5.74) is 4.34. The van der Waals surface area contributed by atoms with Gasteiger partial charge in [-0.05, 0) is 60.0 Å². The number of nitrogens with one attached hydrogen (secondary N) is 2. The van der Waals surface area contributed by atoms with Crippen molar-refractivity contribution >= 4 is 11.4 Å². The third-order valence-electron chi connectivity index (χ3n) is 5.88. The highest BCUT2D eigenvalue weighted by Gasteiger charge is 2.19. The second kappa shape index (κ2) is 9.49. The first kappa shape index (κ1) is 23.0. The van der Waals surface area contributed by atoms with Crippen LogP contribution in [0.2, 0.25) is 0 Å². The molecule has 2 N–H and O–H groups in total. The fourth-order valence-electron chi connectivity index (χ4n) is 4.04. The van der Waals surface area contributed by atoms with Gasteiger partial charge in [-0.2, -0.15) is 5.11 Å². The molecule has 3 aromatic carbocycles. The summed E-state index contributed by atoms with van der Waals surface area (Å²) >= 11 is 0. The van der Waals surface area contributed by atoms with E-state index in [1.807, 2.05) is 43.3 Å². The number of H-pyrrole nitrogens is 2. The van der Waals surface area contributed by atoms with E-state index in [1.165, 1.54) is 21.3 Å². The van der Waals surface area contributed by atoms with E-state index in [-0.39, 0.29) is 12.5 Å². The van der Waals surface area contributed by atoms with Crippen molar-refractivity contribution in [1.29, 1.82) is 0 Å². The molecule has 0 radical (unpaired) electrons. The first-order valence-electron chi connectivity index (χ1n) is 11.1. The molecule has 1 aliphatic heterocycles. The van der Waals surface area contributed by atoms with E-state index in [9.17, 15) is 4.79 Å². The highest BCUT2D eigenvalue weighted by molar-refractivity contribution is 5.76. The molecule has 0 bridgehead atoms. The maximum atomic E-state index is 12.6. The lowest BCUT2D eigenvalue weighted by atomic mass is 9.99. The Labute approximate surface area is 206 Å². The van der Waals surface area contributed by atoms with E-state index >= 15 is 0 Å². The van der Waals surface area contributed by atoms with Crippen LogP contribution in [0.3, 0.4) is 0 Å². The molecule has 4 aromatic rings. The number of aryl methyl sites for hydroxylation is 1. The van der Waals surface area contributed by atoms with Gasteiger partial charge in [-0.15, -0.1) is 5.11 Å². The molecule has 0 amide bonds. The average molecular weight is 489 g/mol. The summed E-state index contributed by atoms with van der Waals surface area (Å²) in [4.78, 5) is 12.6. The first-order chi connectivity index (χ1) is 17.5. The molecule has 0 unspecified atom stereocenters. The zero-order chi connectivity index (χ0) is 25.2. The minimum absolute atomic E-state index is 0.120. The molecule has 0 aliphatic carbocycles. The number of nitrogens with zero attached hydrogens (tertiary/aromatic N) is 2. The van der Waals surface area contributed by atoms with Gasteiger partial charge >= 0.3 is 0 Å². The molecule has 2 heterocycles. The van der Waals surface area contributed by atoms with Crippen molar-refractivity contribution in [3.63, 3.8) is 0 Å². The lowest BCUT2D eigenvalue weighted by Gasteiger charge is -2.13. The van der Waals surface area contributed by atoms with Gasteiger partial charge in [-0.3, -0.25) is 15.0 Å². The van der Waals surface area contributed by atoms with Crippen molar-refractivity contribution in [2.45, 2.75) is 6.92 Å². The van der Waals surface area contributed by atoms with Crippen molar-refractivity contribution in [2.75, 3.05) is 28.1 Å². The summed E-state index contributed by atoms with van der Waals surface area (Å²) in [5.74, 6) is 2.76. The summed E-state index contributed by atoms with van der Waals surface area (Å²) in [6.45, 7) is 2.23. The third-order valence-corrected chi connectivity index (χ3v) is 5.88. The second-order valence-corrected chi connectivity index (χ2v) is 7.98. The predicted molar refractivity (Wildman–Crippen MR) is 133 cm³/mol. The van der Waals surface area contributed by atoms with Gasteiger partial charge in [-0.1, -0.05) is 12.1 Å². The van der Waals surface area contributed by atoms with Gasteiger partial charge in [0, 0.05) is 5.56 Å². The first-order valence-corrected chi connectivity index (χ1v) is 11.1. The van der Waals surface area contributed by atoms with Gasteiger partial charge in [-0.25, -0.2) is 0 Å². The minimum Gasteiger partial charge on any atom is -0.493 e. The van der Waals surface area contributed by atoms with Crippen LogP contribution in [0, 0.1) is 6.92 Å². The highest BCUT2D eigenvalue weighted by atomic mass is 16.7. The van der Waals surface area contributed by atoms with Crippen LogP contribution in [0.25, 0.3) is 22.4 Å². The Kier molecular flexibility index (Phi) is 6.07. The van der Waals surface area contributed by atoms with Crippen LogP contribution in [0.4, 0.5) is 11.4 Å². The van der Waals surface area contributed by atoms with Gasteiger partial charge in [0.1, 0.15) is 0 Å². The molecule has 5 rings (SSSR count). The van der Waals surface area contributed by atoms with E-state index < -0.39 is 5.56 Å². The monoisotopic (exact) mass is 488 g/mol. The maximum Gasteiger partial charge on any atom is 0.292 e. The van der Waals surface area contributed by atoms with Crippen molar-refractivity contribution < 1.29 is 23.7 Å². The number of benzene rings is 3. The molecule has 184 valence electrons. The van der Waals surface area contributed by atoms with Crippen LogP contribution in [0.15, 0.2) is 63.6 Å². The van der Waals surface area contributed by atoms with Gasteiger partial charge in [0.15, 0.2) is 28.7 Å². The number of hydrogen-bond donors (Lipinski definition) is 2. The summed E-state index contributed by atoms with van der Waals surface area (Å²) in [6.07, 6.45) is 0. The molecular weight excluding hydrogens is 464 g/mol. The lowest BCUT2D eigenvalue weighted by Crippen LogP contribution is -1.97. The molecule has 10 heteroatoms. The number of methoxy groups -OCH3 is 3. The number of rotatable bonds is 7. The molecule has 0 atom stereocenters. The molecule has 1 aromatic heterocycles. The van der Waals surface area contributed by atoms with Crippen LogP contribution in [-0.4, -0.2) is 38.3 Å². The van der Waals surface area contributed by atoms with E-state index in [0.717, 1.165) is 22.4 Å². The normalized spacial score (nSPS) is 12.2. The van der Waals surface area contributed by atoms with E-state index in [4.69, 9.17) is 23.7 Å². The number of azo groups is 1. The zero-order valence-corrected chi connectivity index (χ0v) is 20.2. The van der Waals surface area contributed by atoms with E-state index in [2.05, 4.69) is 20.4 Å².